The second-order valence-electron chi connectivity index (χ2n) is 12.6. The average Bonchev–Trinajstić information content (AvgIpc) is 3.01. The Balaban J connectivity index is 1.86. The maximum absolute atomic E-state index is 14.2. The van der Waals surface area contributed by atoms with E-state index in [-0.39, 0.29) is 48.3 Å². The fraction of sp³-hybridized carbons (Fsp3) is 0.588. The number of hydrogen-bond donors (Lipinski definition) is 2. The minimum atomic E-state index is -4.49. The first-order valence-corrected chi connectivity index (χ1v) is 16.0. The van der Waals surface area contributed by atoms with Gasteiger partial charge in [0.05, 0.1) is 42.4 Å². The van der Waals surface area contributed by atoms with E-state index in [1.54, 1.807) is 6.92 Å². The molecule has 2 amide bonds. The molecular weight excluding hydrogens is 644 g/mol. The van der Waals surface area contributed by atoms with Crippen molar-refractivity contribution >= 4 is 17.5 Å². The number of nitrogens with one attached hydrogen (secondary N) is 1. The van der Waals surface area contributed by atoms with Gasteiger partial charge in [-0.25, -0.2) is 0 Å². The Bertz CT molecular complexity index is 1340. The second kappa shape index (κ2) is 17.3. The lowest BCUT2D eigenvalue weighted by molar-refractivity contribution is -0.142. The molecule has 4 atom stereocenters. The molecule has 3 rings (SSSR count). The molecule has 14 heteroatoms. The summed E-state index contributed by atoms with van der Waals surface area (Å²) in [4.78, 5) is 29.8. The first-order valence-electron chi connectivity index (χ1n) is 16.0. The van der Waals surface area contributed by atoms with Crippen LogP contribution in [0.3, 0.4) is 0 Å². The minimum Gasteiger partial charge on any atom is -0.490 e. The number of likely N-dealkylation sites (N-methyl/N-ethyl adjacent to an activating group) is 1. The molecule has 1 heterocycles. The van der Waals surface area contributed by atoms with Crippen LogP contribution in [0.2, 0.25) is 0 Å². The Labute approximate surface area is 277 Å². The molecule has 2 N–H and O–H groups in total. The van der Waals surface area contributed by atoms with E-state index in [9.17, 15) is 41.0 Å². The van der Waals surface area contributed by atoms with Crippen molar-refractivity contribution in [2.24, 2.45) is 5.92 Å². The quantitative estimate of drug-likeness (QED) is 0.278. The number of anilines is 1. The Kier molecular flexibility index (Phi) is 14.1. The van der Waals surface area contributed by atoms with Crippen molar-refractivity contribution in [1.29, 1.82) is 0 Å². The molecule has 1 aliphatic rings. The van der Waals surface area contributed by atoms with Gasteiger partial charge in [-0.3, -0.25) is 14.5 Å². The summed E-state index contributed by atoms with van der Waals surface area (Å²) >= 11 is 0. The van der Waals surface area contributed by atoms with E-state index in [0.29, 0.717) is 31.7 Å². The molecule has 2 aromatic rings. The van der Waals surface area contributed by atoms with Gasteiger partial charge in [0.25, 0.3) is 5.91 Å². The molecule has 0 fully saturated rings. The van der Waals surface area contributed by atoms with Crippen LogP contribution in [0, 0.1) is 5.92 Å². The fourth-order valence-corrected chi connectivity index (χ4v) is 5.42. The van der Waals surface area contributed by atoms with Crippen LogP contribution in [0.4, 0.5) is 32.0 Å². The molecule has 0 saturated carbocycles. The monoisotopic (exact) mass is 689 g/mol. The largest absolute Gasteiger partial charge is 0.490 e. The zero-order valence-electron chi connectivity index (χ0n) is 27.7. The van der Waals surface area contributed by atoms with Gasteiger partial charge in [-0.2, -0.15) is 26.3 Å². The first-order chi connectivity index (χ1) is 22.5. The van der Waals surface area contributed by atoms with Crippen LogP contribution in [0.5, 0.6) is 5.75 Å². The predicted octanol–water partition coefficient (Wildman–Crippen LogP) is 6.91. The molecule has 0 saturated heterocycles. The predicted molar refractivity (Wildman–Crippen MR) is 169 cm³/mol. The van der Waals surface area contributed by atoms with Crippen molar-refractivity contribution in [1.82, 2.24) is 9.80 Å². The van der Waals surface area contributed by atoms with Crippen LogP contribution < -0.4 is 10.1 Å². The summed E-state index contributed by atoms with van der Waals surface area (Å²) in [5.41, 5.74) is 0.174. The smallest absolute Gasteiger partial charge is 0.416 e. The molecule has 0 spiro atoms. The SMILES string of the molecule is C[C@@H]1CCCCO[C@@H](CN(C)Cc2ccc(C(F)(F)F)cc2)[C@@H](C)CN([C@@H](C)CO)C(=O)c2cc(NC(=O)CCC(F)(F)F)ccc2O1. The molecule has 1 aliphatic heterocycles. The number of nitrogens with zero attached hydrogens (tertiary/aromatic N) is 2. The van der Waals surface area contributed by atoms with Gasteiger partial charge in [0.2, 0.25) is 5.91 Å². The van der Waals surface area contributed by atoms with E-state index in [0.717, 1.165) is 25.0 Å². The van der Waals surface area contributed by atoms with Crippen LogP contribution in [-0.4, -0.2) is 84.5 Å². The number of ether oxygens (including phenoxy) is 2. The molecule has 268 valence electrons. The average molecular weight is 690 g/mol. The number of aliphatic hydroxyl groups is 1. The van der Waals surface area contributed by atoms with E-state index in [1.807, 2.05) is 25.8 Å². The van der Waals surface area contributed by atoms with Crippen molar-refractivity contribution in [3.05, 3.63) is 59.2 Å². The number of halogens is 6. The third kappa shape index (κ3) is 12.3. The molecule has 2 aromatic carbocycles. The van der Waals surface area contributed by atoms with Gasteiger partial charge in [0.15, 0.2) is 0 Å². The standard InChI is InChI=1S/C34H45F6N3O5/c1-22-18-43(23(2)21-44)32(46)28-17-27(41-31(45)14-15-33(35,36)37)12-13-29(28)48-24(3)7-5-6-16-47-30(22)20-42(4)19-25-8-10-26(11-9-25)34(38,39)40/h8-13,17,22-24,30,44H,5-7,14-16,18-21H2,1-4H3,(H,41,45)/t22-,23-,24+,30-/m0/s1. The molecule has 0 radical (unpaired) electrons. The molecule has 0 aromatic heterocycles. The van der Waals surface area contributed by atoms with Gasteiger partial charge in [0, 0.05) is 44.3 Å². The Morgan fingerprint density at radius 3 is 2.40 bits per heavy atom. The zero-order valence-corrected chi connectivity index (χ0v) is 27.7. The third-order valence-corrected chi connectivity index (χ3v) is 8.20. The van der Waals surface area contributed by atoms with Crippen molar-refractivity contribution in [3.8, 4) is 5.75 Å². The highest BCUT2D eigenvalue weighted by atomic mass is 19.4. The molecule has 0 bridgehead atoms. The number of hydrogen-bond acceptors (Lipinski definition) is 6. The molecular formula is C34H45F6N3O5. The summed E-state index contributed by atoms with van der Waals surface area (Å²) in [6.45, 7) is 6.42. The van der Waals surface area contributed by atoms with Crippen LogP contribution in [0.1, 0.15) is 74.4 Å². The number of alkyl halides is 6. The van der Waals surface area contributed by atoms with E-state index in [1.165, 1.54) is 35.2 Å². The van der Waals surface area contributed by atoms with E-state index in [4.69, 9.17) is 9.47 Å². The number of rotatable bonds is 9. The van der Waals surface area contributed by atoms with E-state index < -0.39 is 48.6 Å². The van der Waals surface area contributed by atoms with Crippen molar-refractivity contribution in [2.75, 3.05) is 38.7 Å². The Hall–Kier alpha value is -3.36. The number of amides is 2. The fourth-order valence-electron chi connectivity index (χ4n) is 5.42. The number of carbonyl (C=O) groups is 2. The van der Waals surface area contributed by atoms with Crippen LogP contribution in [-0.2, 0) is 22.3 Å². The molecule has 0 aliphatic carbocycles. The highest BCUT2D eigenvalue weighted by molar-refractivity contribution is 5.99. The van der Waals surface area contributed by atoms with Gasteiger partial charge in [-0.15, -0.1) is 0 Å². The summed E-state index contributed by atoms with van der Waals surface area (Å²) < 4.78 is 89.5. The van der Waals surface area contributed by atoms with E-state index in [2.05, 4.69) is 5.32 Å². The molecule has 48 heavy (non-hydrogen) atoms. The van der Waals surface area contributed by atoms with Crippen LogP contribution in [0.25, 0.3) is 0 Å². The van der Waals surface area contributed by atoms with Gasteiger partial charge in [-0.05, 0) is 76.1 Å². The summed E-state index contributed by atoms with van der Waals surface area (Å²) in [5.74, 6) is -1.39. The third-order valence-electron chi connectivity index (χ3n) is 8.20. The topological polar surface area (TPSA) is 91.3 Å². The van der Waals surface area contributed by atoms with Gasteiger partial charge < -0.3 is 24.8 Å². The highest BCUT2D eigenvalue weighted by Gasteiger charge is 2.32. The number of benzene rings is 2. The number of fused-ring (bicyclic) bond motifs is 1. The minimum absolute atomic E-state index is 0.0805. The molecule has 8 nitrogen and oxygen atoms in total. The van der Waals surface area contributed by atoms with E-state index >= 15 is 0 Å². The van der Waals surface area contributed by atoms with Crippen molar-refractivity contribution in [2.45, 2.75) is 90.0 Å². The lowest BCUT2D eigenvalue weighted by Gasteiger charge is -2.36. The number of carbonyl (C=O) groups excluding carboxylic acids is 2. The van der Waals surface area contributed by atoms with Gasteiger partial charge in [0.1, 0.15) is 5.75 Å². The molecule has 0 unspecified atom stereocenters. The van der Waals surface area contributed by atoms with Crippen molar-refractivity contribution < 1.29 is 50.5 Å². The Morgan fingerprint density at radius 1 is 1.08 bits per heavy atom. The van der Waals surface area contributed by atoms with Crippen LogP contribution in [0.15, 0.2) is 42.5 Å². The normalized spacial score (nSPS) is 20.9. The van der Waals surface area contributed by atoms with Gasteiger partial charge >= 0.3 is 12.4 Å². The number of aliphatic hydroxyl groups excluding tert-OH is 1. The first kappa shape index (κ1) is 39.1. The summed E-state index contributed by atoms with van der Waals surface area (Å²) in [7, 11) is 1.83. The van der Waals surface area contributed by atoms with Gasteiger partial charge in [-0.1, -0.05) is 19.1 Å². The summed E-state index contributed by atoms with van der Waals surface area (Å²) in [5, 5.41) is 12.5. The Morgan fingerprint density at radius 2 is 1.77 bits per heavy atom. The highest BCUT2D eigenvalue weighted by Crippen LogP contribution is 2.31. The summed E-state index contributed by atoms with van der Waals surface area (Å²) in [6, 6.07) is 8.66. The lowest BCUT2D eigenvalue weighted by atomic mass is 10.0. The maximum atomic E-state index is 14.2. The second-order valence-corrected chi connectivity index (χ2v) is 12.6. The maximum Gasteiger partial charge on any atom is 0.416 e. The van der Waals surface area contributed by atoms with Crippen molar-refractivity contribution in [3.63, 3.8) is 0 Å². The zero-order chi connectivity index (χ0) is 35.6. The summed E-state index contributed by atoms with van der Waals surface area (Å²) in [6.07, 6.45) is -9.55. The van der Waals surface area contributed by atoms with Crippen LogP contribution >= 0.6 is 0 Å². The lowest BCUT2D eigenvalue weighted by Crippen LogP contribution is -2.47.